The molecule has 0 aliphatic rings. The molecule has 15 heavy (non-hydrogen) atoms. The van der Waals surface area contributed by atoms with Gasteiger partial charge in [-0.15, -0.1) is 0 Å². The number of aromatic nitrogens is 1. The molecule has 0 spiro atoms. The number of rotatable bonds is 5. The third-order valence-corrected chi connectivity index (χ3v) is 2.25. The van der Waals surface area contributed by atoms with Gasteiger partial charge in [-0.1, -0.05) is 0 Å². The molecule has 0 unspecified atom stereocenters. The zero-order chi connectivity index (χ0) is 11.3. The Morgan fingerprint density at radius 3 is 2.87 bits per heavy atom. The maximum absolute atomic E-state index is 11.6. The fraction of sp³-hybridized carbons (Fsp3) is 0.444. The standard InChI is InChI=1S/C9H11NO4S/c1-3-14-8(12)4-7(11)6-5-15-10-9(6)13-2/h5H,3-4H2,1-2H3. The zero-order valence-electron chi connectivity index (χ0n) is 8.48. The van der Waals surface area contributed by atoms with E-state index in [1.807, 2.05) is 0 Å². The number of ether oxygens (including phenoxy) is 2. The first-order chi connectivity index (χ1) is 7.19. The summed E-state index contributed by atoms with van der Waals surface area (Å²) in [6, 6.07) is 0. The van der Waals surface area contributed by atoms with E-state index in [1.165, 1.54) is 7.11 Å². The first-order valence-electron chi connectivity index (χ1n) is 4.36. The molecule has 1 rings (SSSR count). The molecule has 5 nitrogen and oxygen atoms in total. The van der Waals surface area contributed by atoms with Crippen molar-refractivity contribution in [3.8, 4) is 5.88 Å². The van der Waals surface area contributed by atoms with Gasteiger partial charge in [0.1, 0.15) is 6.42 Å². The summed E-state index contributed by atoms with van der Waals surface area (Å²) >= 11 is 1.11. The van der Waals surface area contributed by atoms with E-state index in [0.29, 0.717) is 5.56 Å². The molecule has 0 N–H and O–H groups in total. The van der Waals surface area contributed by atoms with Crippen LogP contribution in [0.15, 0.2) is 5.38 Å². The quantitative estimate of drug-likeness (QED) is 0.432. The van der Waals surface area contributed by atoms with Gasteiger partial charge in [0, 0.05) is 5.38 Å². The fourth-order valence-corrected chi connectivity index (χ4v) is 1.66. The minimum atomic E-state index is -0.532. The fourth-order valence-electron chi connectivity index (χ4n) is 0.997. The Labute approximate surface area is 91.2 Å². The maximum atomic E-state index is 11.6. The van der Waals surface area contributed by atoms with Crippen molar-refractivity contribution in [1.82, 2.24) is 4.37 Å². The lowest BCUT2D eigenvalue weighted by molar-refractivity contribution is -0.141. The number of carbonyl (C=O) groups is 2. The third kappa shape index (κ3) is 3.02. The number of esters is 1. The molecule has 0 saturated heterocycles. The molecule has 6 heteroatoms. The predicted octanol–water partition coefficient (Wildman–Crippen LogP) is 1.29. The molecule has 0 amide bonds. The van der Waals surface area contributed by atoms with Crippen LogP contribution >= 0.6 is 11.5 Å². The van der Waals surface area contributed by atoms with E-state index in [9.17, 15) is 9.59 Å². The second-order valence-corrected chi connectivity index (χ2v) is 3.27. The first-order valence-corrected chi connectivity index (χ1v) is 5.19. The van der Waals surface area contributed by atoms with Gasteiger partial charge in [-0.25, -0.2) is 0 Å². The maximum Gasteiger partial charge on any atom is 0.313 e. The van der Waals surface area contributed by atoms with E-state index in [2.05, 4.69) is 9.11 Å². The number of carbonyl (C=O) groups excluding carboxylic acids is 2. The summed E-state index contributed by atoms with van der Waals surface area (Å²) in [6.07, 6.45) is -0.275. The molecule has 0 saturated carbocycles. The van der Waals surface area contributed by atoms with Crippen LogP contribution in [-0.2, 0) is 9.53 Å². The van der Waals surface area contributed by atoms with E-state index < -0.39 is 5.97 Å². The van der Waals surface area contributed by atoms with E-state index in [4.69, 9.17) is 4.74 Å². The van der Waals surface area contributed by atoms with Gasteiger partial charge < -0.3 is 9.47 Å². The van der Waals surface area contributed by atoms with Crippen molar-refractivity contribution in [3.05, 3.63) is 10.9 Å². The van der Waals surface area contributed by atoms with Crippen molar-refractivity contribution in [2.45, 2.75) is 13.3 Å². The predicted molar refractivity (Wildman–Crippen MR) is 54.2 cm³/mol. The molecule has 1 heterocycles. The topological polar surface area (TPSA) is 65.5 Å². The summed E-state index contributed by atoms with van der Waals surface area (Å²) in [5, 5.41) is 1.56. The highest BCUT2D eigenvalue weighted by Crippen LogP contribution is 2.20. The molecule has 0 atom stereocenters. The lowest BCUT2D eigenvalue weighted by atomic mass is 10.2. The highest BCUT2D eigenvalue weighted by molar-refractivity contribution is 7.04. The van der Waals surface area contributed by atoms with Crippen LogP contribution < -0.4 is 4.74 Å². The molecule has 0 aliphatic carbocycles. The number of ketones is 1. The summed E-state index contributed by atoms with van der Waals surface area (Å²) in [5.41, 5.74) is 0.329. The highest BCUT2D eigenvalue weighted by Gasteiger charge is 2.18. The Kier molecular flexibility index (Phi) is 4.23. The summed E-state index contributed by atoms with van der Waals surface area (Å²) in [4.78, 5) is 22.6. The van der Waals surface area contributed by atoms with Crippen LogP contribution in [0.1, 0.15) is 23.7 Å². The summed E-state index contributed by atoms with van der Waals surface area (Å²) < 4.78 is 13.4. The van der Waals surface area contributed by atoms with E-state index in [-0.39, 0.29) is 24.7 Å². The SMILES string of the molecule is CCOC(=O)CC(=O)c1csnc1OC. The van der Waals surface area contributed by atoms with E-state index in [0.717, 1.165) is 11.5 Å². The van der Waals surface area contributed by atoms with Gasteiger partial charge in [0.25, 0.3) is 0 Å². The van der Waals surface area contributed by atoms with Gasteiger partial charge in [0.2, 0.25) is 5.88 Å². The van der Waals surface area contributed by atoms with Gasteiger partial charge in [-0.3, -0.25) is 9.59 Å². The molecule has 1 aromatic rings. The van der Waals surface area contributed by atoms with Gasteiger partial charge in [0.15, 0.2) is 5.78 Å². The normalized spacial score (nSPS) is 9.73. The Morgan fingerprint density at radius 2 is 2.27 bits per heavy atom. The Bertz CT molecular complexity index is 361. The second-order valence-electron chi connectivity index (χ2n) is 2.64. The molecular weight excluding hydrogens is 218 g/mol. The van der Waals surface area contributed by atoms with Crippen LogP contribution in [0, 0.1) is 0 Å². The minimum absolute atomic E-state index is 0.259. The number of hydrogen-bond donors (Lipinski definition) is 0. The van der Waals surface area contributed by atoms with Crippen LogP contribution in [0.4, 0.5) is 0 Å². The Hall–Kier alpha value is -1.43. The minimum Gasteiger partial charge on any atom is -0.480 e. The molecule has 0 aromatic carbocycles. The lowest BCUT2D eigenvalue weighted by Gasteiger charge is -2.01. The zero-order valence-corrected chi connectivity index (χ0v) is 9.30. The van der Waals surface area contributed by atoms with Crippen molar-refractivity contribution in [2.24, 2.45) is 0 Å². The van der Waals surface area contributed by atoms with Crippen LogP contribution in [0.3, 0.4) is 0 Å². The largest absolute Gasteiger partial charge is 0.480 e. The number of Topliss-reactive ketones (excluding diaryl/α,β-unsaturated/α-hetero) is 1. The smallest absolute Gasteiger partial charge is 0.313 e. The molecule has 1 aromatic heterocycles. The molecule has 82 valence electrons. The highest BCUT2D eigenvalue weighted by atomic mass is 32.1. The average Bonchev–Trinajstić information content (AvgIpc) is 2.65. The van der Waals surface area contributed by atoms with Crippen LogP contribution in [0.5, 0.6) is 5.88 Å². The van der Waals surface area contributed by atoms with Gasteiger partial charge in [0.05, 0.1) is 19.3 Å². The summed E-state index contributed by atoms with van der Waals surface area (Å²) in [6.45, 7) is 1.96. The Morgan fingerprint density at radius 1 is 1.53 bits per heavy atom. The summed E-state index contributed by atoms with van der Waals surface area (Å²) in [5.74, 6) is -0.607. The average molecular weight is 229 g/mol. The van der Waals surface area contributed by atoms with E-state index >= 15 is 0 Å². The number of nitrogens with zero attached hydrogens (tertiary/aromatic N) is 1. The van der Waals surface area contributed by atoms with Crippen molar-refractivity contribution in [1.29, 1.82) is 0 Å². The second kappa shape index (κ2) is 5.45. The number of hydrogen-bond acceptors (Lipinski definition) is 6. The first kappa shape index (κ1) is 11.6. The molecule has 0 aliphatic heterocycles. The monoisotopic (exact) mass is 229 g/mol. The molecular formula is C9H11NO4S. The van der Waals surface area contributed by atoms with E-state index in [1.54, 1.807) is 12.3 Å². The number of methoxy groups -OCH3 is 1. The van der Waals surface area contributed by atoms with Crippen molar-refractivity contribution in [2.75, 3.05) is 13.7 Å². The van der Waals surface area contributed by atoms with Crippen molar-refractivity contribution < 1.29 is 19.1 Å². The third-order valence-electron chi connectivity index (χ3n) is 1.64. The lowest BCUT2D eigenvalue weighted by Crippen LogP contribution is -2.11. The van der Waals surface area contributed by atoms with Crippen molar-refractivity contribution >= 4 is 23.3 Å². The van der Waals surface area contributed by atoms with Crippen LogP contribution in [-0.4, -0.2) is 29.8 Å². The van der Waals surface area contributed by atoms with Crippen molar-refractivity contribution in [3.63, 3.8) is 0 Å². The summed E-state index contributed by atoms with van der Waals surface area (Å²) in [7, 11) is 1.43. The van der Waals surface area contributed by atoms with Crippen LogP contribution in [0.25, 0.3) is 0 Å². The molecule has 0 fully saturated rings. The van der Waals surface area contributed by atoms with Crippen LogP contribution in [0.2, 0.25) is 0 Å². The molecule has 0 bridgehead atoms. The van der Waals surface area contributed by atoms with Gasteiger partial charge in [-0.05, 0) is 18.5 Å². The molecule has 0 radical (unpaired) electrons. The van der Waals surface area contributed by atoms with Gasteiger partial charge >= 0.3 is 5.97 Å². The Balaban J connectivity index is 2.65. The van der Waals surface area contributed by atoms with Gasteiger partial charge in [-0.2, -0.15) is 4.37 Å².